The SMILES string of the molecule is Cn1nccc1CNC(=O)CC(N)CC(C)(C)C. The standard InChI is InChI=1S/C13H24N4O/c1-13(2,3)8-10(14)7-12(18)15-9-11-5-6-16-17(11)4/h5-6,10H,7-9,14H2,1-4H3,(H,15,18). The summed E-state index contributed by atoms with van der Waals surface area (Å²) in [7, 11) is 1.85. The van der Waals surface area contributed by atoms with Crippen molar-refractivity contribution in [3.8, 4) is 0 Å². The first-order chi connectivity index (χ1) is 8.28. The van der Waals surface area contributed by atoms with E-state index in [1.165, 1.54) is 0 Å². The highest BCUT2D eigenvalue weighted by Crippen LogP contribution is 2.20. The molecule has 0 bridgehead atoms. The van der Waals surface area contributed by atoms with Gasteiger partial charge in [0.1, 0.15) is 0 Å². The zero-order valence-electron chi connectivity index (χ0n) is 11.7. The van der Waals surface area contributed by atoms with Crippen molar-refractivity contribution in [1.82, 2.24) is 15.1 Å². The minimum atomic E-state index is -0.0865. The molecule has 1 rings (SSSR count). The number of aromatic nitrogens is 2. The molecule has 1 atom stereocenters. The minimum Gasteiger partial charge on any atom is -0.350 e. The smallest absolute Gasteiger partial charge is 0.221 e. The van der Waals surface area contributed by atoms with E-state index in [1.807, 2.05) is 13.1 Å². The van der Waals surface area contributed by atoms with Gasteiger partial charge in [-0.3, -0.25) is 9.48 Å². The molecular weight excluding hydrogens is 228 g/mol. The molecule has 0 aliphatic heterocycles. The van der Waals surface area contributed by atoms with Crippen molar-refractivity contribution in [3.63, 3.8) is 0 Å². The normalized spacial score (nSPS) is 13.4. The maximum Gasteiger partial charge on any atom is 0.221 e. The van der Waals surface area contributed by atoms with Crippen molar-refractivity contribution in [3.05, 3.63) is 18.0 Å². The number of nitrogens with one attached hydrogen (secondary N) is 1. The van der Waals surface area contributed by atoms with Gasteiger partial charge in [-0.15, -0.1) is 0 Å². The lowest BCUT2D eigenvalue weighted by molar-refractivity contribution is -0.121. The van der Waals surface area contributed by atoms with E-state index in [0.29, 0.717) is 13.0 Å². The Kier molecular flexibility index (Phi) is 4.90. The van der Waals surface area contributed by atoms with Gasteiger partial charge in [-0.05, 0) is 17.9 Å². The van der Waals surface area contributed by atoms with Crippen LogP contribution in [0.15, 0.2) is 12.3 Å². The number of carbonyl (C=O) groups is 1. The molecule has 5 heteroatoms. The molecule has 1 aromatic heterocycles. The van der Waals surface area contributed by atoms with E-state index in [1.54, 1.807) is 10.9 Å². The average Bonchev–Trinajstić information content (AvgIpc) is 2.57. The molecule has 5 nitrogen and oxygen atoms in total. The Morgan fingerprint density at radius 3 is 2.72 bits per heavy atom. The van der Waals surface area contributed by atoms with Crippen molar-refractivity contribution >= 4 is 5.91 Å². The van der Waals surface area contributed by atoms with Gasteiger partial charge in [-0.2, -0.15) is 5.10 Å². The summed E-state index contributed by atoms with van der Waals surface area (Å²) >= 11 is 0. The summed E-state index contributed by atoms with van der Waals surface area (Å²) in [5, 5.41) is 6.91. The minimum absolute atomic E-state index is 0.00653. The van der Waals surface area contributed by atoms with Crippen LogP contribution in [0.2, 0.25) is 0 Å². The zero-order valence-corrected chi connectivity index (χ0v) is 11.7. The Balaban J connectivity index is 2.32. The molecule has 0 radical (unpaired) electrons. The van der Waals surface area contributed by atoms with Crippen molar-refractivity contribution < 1.29 is 4.79 Å². The zero-order chi connectivity index (χ0) is 13.8. The summed E-state index contributed by atoms with van der Waals surface area (Å²) in [6.45, 7) is 6.87. The molecule has 102 valence electrons. The number of aryl methyl sites for hydroxylation is 1. The first-order valence-corrected chi connectivity index (χ1v) is 6.27. The molecule has 0 aliphatic carbocycles. The van der Waals surface area contributed by atoms with Gasteiger partial charge in [0.2, 0.25) is 5.91 Å². The van der Waals surface area contributed by atoms with Gasteiger partial charge >= 0.3 is 0 Å². The van der Waals surface area contributed by atoms with Gasteiger partial charge in [0.15, 0.2) is 0 Å². The number of nitrogens with zero attached hydrogens (tertiary/aromatic N) is 2. The lowest BCUT2D eigenvalue weighted by Crippen LogP contribution is -2.34. The highest BCUT2D eigenvalue weighted by molar-refractivity contribution is 5.76. The largest absolute Gasteiger partial charge is 0.350 e. The van der Waals surface area contributed by atoms with Crippen LogP contribution in [0.3, 0.4) is 0 Å². The molecule has 0 saturated heterocycles. The highest BCUT2D eigenvalue weighted by Gasteiger charge is 2.18. The van der Waals surface area contributed by atoms with E-state index >= 15 is 0 Å². The van der Waals surface area contributed by atoms with Crippen LogP contribution in [-0.4, -0.2) is 21.7 Å². The Labute approximate surface area is 109 Å². The van der Waals surface area contributed by atoms with Crippen molar-refractivity contribution in [1.29, 1.82) is 0 Å². The molecule has 1 aromatic rings. The van der Waals surface area contributed by atoms with Gasteiger partial charge in [0, 0.05) is 25.7 Å². The first kappa shape index (κ1) is 14.7. The Morgan fingerprint density at radius 2 is 2.22 bits per heavy atom. The van der Waals surface area contributed by atoms with Crippen LogP contribution in [0.4, 0.5) is 0 Å². The number of nitrogens with two attached hydrogens (primary N) is 1. The third-order valence-electron chi connectivity index (χ3n) is 2.71. The van der Waals surface area contributed by atoms with Gasteiger partial charge in [-0.25, -0.2) is 0 Å². The highest BCUT2D eigenvalue weighted by atomic mass is 16.1. The third-order valence-corrected chi connectivity index (χ3v) is 2.71. The summed E-state index contributed by atoms with van der Waals surface area (Å²) in [6, 6.07) is 1.80. The molecule has 3 N–H and O–H groups in total. The van der Waals surface area contributed by atoms with Gasteiger partial charge in [0.25, 0.3) is 0 Å². The lowest BCUT2D eigenvalue weighted by atomic mass is 9.87. The van der Waals surface area contributed by atoms with Crippen LogP contribution in [0, 0.1) is 5.41 Å². The maximum absolute atomic E-state index is 11.7. The Bertz CT molecular complexity index is 392. The van der Waals surface area contributed by atoms with E-state index < -0.39 is 0 Å². The van der Waals surface area contributed by atoms with Crippen molar-refractivity contribution in [2.45, 2.75) is 46.2 Å². The van der Waals surface area contributed by atoms with E-state index in [0.717, 1.165) is 12.1 Å². The van der Waals surface area contributed by atoms with E-state index in [9.17, 15) is 4.79 Å². The maximum atomic E-state index is 11.7. The summed E-state index contributed by atoms with van der Waals surface area (Å²) < 4.78 is 1.75. The van der Waals surface area contributed by atoms with Crippen molar-refractivity contribution in [2.75, 3.05) is 0 Å². The van der Waals surface area contributed by atoms with Crippen LogP contribution in [0.25, 0.3) is 0 Å². The number of hydrogen-bond donors (Lipinski definition) is 2. The van der Waals surface area contributed by atoms with Gasteiger partial charge in [0.05, 0.1) is 12.2 Å². The molecule has 18 heavy (non-hydrogen) atoms. The van der Waals surface area contributed by atoms with E-state index in [-0.39, 0.29) is 17.4 Å². The second-order valence-electron chi connectivity index (χ2n) is 5.95. The topological polar surface area (TPSA) is 72.9 Å². The second-order valence-corrected chi connectivity index (χ2v) is 5.95. The lowest BCUT2D eigenvalue weighted by Gasteiger charge is -2.22. The molecule has 1 amide bonds. The fourth-order valence-corrected chi connectivity index (χ4v) is 1.93. The fourth-order valence-electron chi connectivity index (χ4n) is 1.93. The van der Waals surface area contributed by atoms with Crippen LogP contribution in [0.1, 0.15) is 39.3 Å². The van der Waals surface area contributed by atoms with Crippen LogP contribution in [0.5, 0.6) is 0 Å². The summed E-state index contributed by atoms with van der Waals surface area (Å²) in [5.41, 5.74) is 7.10. The first-order valence-electron chi connectivity index (χ1n) is 6.27. The van der Waals surface area contributed by atoms with Crippen LogP contribution >= 0.6 is 0 Å². The van der Waals surface area contributed by atoms with E-state index in [4.69, 9.17) is 5.73 Å². The van der Waals surface area contributed by atoms with Gasteiger partial charge < -0.3 is 11.1 Å². The van der Waals surface area contributed by atoms with Crippen LogP contribution < -0.4 is 11.1 Å². The molecule has 0 saturated carbocycles. The molecule has 1 heterocycles. The quantitative estimate of drug-likeness (QED) is 0.826. The predicted octanol–water partition coefficient (Wildman–Crippen LogP) is 1.19. The monoisotopic (exact) mass is 252 g/mol. The van der Waals surface area contributed by atoms with Crippen LogP contribution in [-0.2, 0) is 18.4 Å². The average molecular weight is 252 g/mol. The third kappa shape index (κ3) is 5.31. The Morgan fingerprint density at radius 1 is 1.56 bits per heavy atom. The van der Waals surface area contributed by atoms with Crippen molar-refractivity contribution in [2.24, 2.45) is 18.2 Å². The molecule has 0 fully saturated rings. The number of amides is 1. The molecule has 1 unspecified atom stereocenters. The predicted molar refractivity (Wildman–Crippen MR) is 71.7 cm³/mol. The second kappa shape index (κ2) is 6.00. The molecule has 0 aliphatic rings. The molecular formula is C13H24N4O. The molecule has 0 aromatic carbocycles. The van der Waals surface area contributed by atoms with Gasteiger partial charge in [-0.1, -0.05) is 20.8 Å². The summed E-state index contributed by atoms with van der Waals surface area (Å²) in [4.78, 5) is 11.7. The summed E-state index contributed by atoms with van der Waals surface area (Å²) in [6.07, 6.45) is 2.92. The number of carbonyl (C=O) groups excluding carboxylic acids is 1. The number of hydrogen-bond acceptors (Lipinski definition) is 3. The summed E-state index contributed by atoms with van der Waals surface area (Å²) in [5.74, 6) is -0.00653. The Hall–Kier alpha value is -1.36. The number of rotatable bonds is 5. The van der Waals surface area contributed by atoms with E-state index in [2.05, 4.69) is 31.2 Å². The fraction of sp³-hybridized carbons (Fsp3) is 0.692. The molecule has 0 spiro atoms.